The largest absolute Gasteiger partial charge is 0.366 e. The van der Waals surface area contributed by atoms with Crippen molar-refractivity contribution < 1.29 is 4.79 Å². The molecule has 1 aliphatic rings. The maximum Gasteiger partial charge on any atom is 0.241 e. The van der Waals surface area contributed by atoms with Crippen molar-refractivity contribution in [2.75, 3.05) is 0 Å². The Bertz CT molecular complexity index is 179. The average molecular weight is 181 g/mol. The average Bonchev–Trinajstić information content (AvgIpc) is 2.01. The molecule has 0 bridgehead atoms. The SMILES string of the molecule is NC(=O)/C=C/C1CCCCCCC1. The summed E-state index contributed by atoms with van der Waals surface area (Å²) in [7, 11) is 0. The monoisotopic (exact) mass is 181 g/mol. The number of hydrogen-bond acceptors (Lipinski definition) is 1. The summed E-state index contributed by atoms with van der Waals surface area (Å²) in [4.78, 5) is 10.5. The van der Waals surface area contributed by atoms with Crippen LogP contribution in [0.4, 0.5) is 0 Å². The minimum absolute atomic E-state index is 0.318. The highest BCUT2D eigenvalue weighted by atomic mass is 16.1. The van der Waals surface area contributed by atoms with Gasteiger partial charge in [-0.2, -0.15) is 0 Å². The van der Waals surface area contributed by atoms with Crippen LogP contribution >= 0.6 is 0 Å². The standard InChI is InChI=1S/C11H19NO/c12-11(13)9-8-10-6-4-2-1-3-5-7-10/h8-10H,1-7H2,(H2,12,13)/b9-8+. The van der Waals surface area contributed by atoms with Crippen LogP contribution in [0.15, 0.2) is 12.2 Å². The summed E-state index contributed by atoms with van der Waals surface area (Å²) in [5.74, 6) is 0.273. The van der Waals surface area contributed by atoms with Crippen LogP contribution in [0.3, 0.4) is 0 Å². The lowest BCUT2D eigenvalue weighted by Gasteiger charge is -2.15. The first kappa shape index (κ1) is 10.3. The topological polar surface area (TPSA) is 43.1 Å². The summed E-state index contributed by atoms with van der Waals surface area (Å²) >= 11 is 0. The number of nitrogens with two attached hydrogens (primary N) is 1. The molecule has 13 heavy (non-hydrogen) atoms. The molecular formula is C11H19NO. The molecule has 0 spiro atoms. The highest BCUT2D eigenvalue weighted by Gasteiger charge is 2.07. The summed E-state index contributed by atoms with van der Waals surface area (Å²) in [5.41, 5.74) is 5.05. The van der Waals surface area contributed by atoms with Gasteiger partial charge in [-0.25, -0.2) is 0 Å². The fraction of sp³-hybridized carbons (Fsp3) is 0.727. The van der Waals surface area contributed by atoms with E-state index in [9.17, 15) is 4.79 Å². The smallest absolute Gasteiger partial charge is 0.241 e. The molecule has 2 nitrogen and oxygen atoms in total. The van der Waals surface area contributed by atoms with Gasteiger partial charge < -0.3 is 5.73 Å². The normalized spacial score (nSPS) is 21.2. The highest BCUT2D eigenvalue weighted by Crippen LogP contribution is 2.22. The highest BCUT2D eigenvalue weighted by molar-refractivity contribution is 5.85. The molecule has 2 heteroatoms. The first-order valence-electron chi connectivity index (χ1n) is 5.26. The van der Waals surface area contributed by atoms with Gasteiger partial charge in [0.1, 0.15) is 0 Å². The van der Waals surface area contributed by atoms with Crippen molar-refractivity contribution in [2.24, 2.45) is 11.7 Å². The third-order valence-electron chi connectivity index (χ3n) is 2.68. The van der Waals surface area contributed by atoms with Crippen LogP contribution in [0.1, 0.15) is 44.9 Å². The number of hydrogen-bond donors (Lipinski definition) is 1. The minimum Gasteiger partial charge on any atom is -0.366 e. The van der Waals surface area contributed by atoms with Gasteiger partial charge in [-0.05, 0) is 24.8 Å². The molecule has 0 aromatic carbocycles. The van der Waals surface area contributed by atoms with Gasteiger partial charge in [-0.1, -0.05) is 38.2 Å². The van der Waals surface area contributed by atoms with E-state index in [1.54, 1.807) is 0 Å². The van der Waals surface area contributed by atoms with Crippen molar-refractivity contribution in [3.8, 4) is 0 Å². The molecule has 0 aromatic heterocycles. The van der Waals surface area contributed by atoms with E-state index < -0.39 is 0 Å². The first-order chi connectivity index (χ1) is 6.29. The van der Waals surface area contributed by atoms with Gasteiger partial charge in [0.15, 0.2) is 0 Å². The molecule has 0 unspecified atom stereocenters. The third-order valence-corrected chi connectivity index (χ3v) is 2.68. The van der Waals surface area contributed by atoms with E-state index in [2.05, 4.69) is 0 Å². The Morgan fingerprint density at radius 2 is 1.62 bits per heavy atom. The second-order valence-electron chi connectivity index (χ2n) is 3.87. The van der Waals surface area contributed by atoms with Crippen molar-refractivity contribution in [1.29, 1.82) is 0 Å². The lowest BCUT2D eigenvalue weighted by atomic mass is 9.91. The van der Waals surface area contributed by atoms with Crippen molar-refractivity contribution in [3.63, 3.8) is 0 Å². The minimum atomic E-state index is -0.318. The summed E-state index contributed by atoms with van der Waals surface area (Å²) in [6.45, 7) is 0. The second-order valence-corrected chi connectivity index (χ2v) is 3.87. The fourth-order valence-corrected chi connectivity index (χ4v) is 1.91. The molecule has 1 aliphatic carbocycles. The zero-order valence-electron chi connectivity index (χ0n) is 8.17. The lowest BCUT2D eigenvalue weighted by Crippen LogP contribution is -2.07. The van der Waals surface area contributed by atoms with Crippen LogP contribution in [0.2, 0.25) is 0 Å². The molecule has 0 radical (unpaired) electrons. The first-order valence-corrected chi connectivity index (χ1v) is 5.26. The maximum absolute atomic E-state index is 10.5. The van der Waals surface area contributed by atoms with Gasteiger partial charge in [0, 0.05) is 0 Å². The van der Waals surface area contributed by atoms with E-state index in [1.165, 1.54) is 51.0 Å². The predicted octanol–water partition coefficient (Wildman–Crippen LogP) is 2.39. The Morgan fingerprint density at radius 3 is 2.15 bits per heavy atom. The predicted molar refractivity (Wildman–Crippen MR) is 54.1 cm³/mol. The Morgan fingerprint density at radius 1 is 1.08 bits per heavy atom. The Hall–Kier alpha value is -0.790. The van der Waals surface area contributed by atoms with Crippen LogP contribution in [-0.4, -0.2) is 5.91 Å². The zero-order valence-corrected chi connectivity index (χ0v) is 8.17. The van der Waals surface area contributed by atoms with Gasteiger partial charge in [-0.15, -0.1) is 0 Å². The molecule has 0 aliphatic heterocycles. The number of allylic oxidation sites excluding steroid dienone is 1. The van der Waals surface area contributed by atoms with Crippen molar-refractivity contribution >= 4 is 5.91 Å². The van der Waals surface area contributed by atoms with E-state index in [-0.39, 0.29) is 5.91 Å². The molecule has 1 rings (SSSR count). The number of rotatable bonds is 2. The molecule has 0 aromatic rings. The second kappa shape index (κ2) is 5.79. The number of carbonyl (C=O) groups is 1. The molecule has 2 N–H and O–H groups in total. The molecular weight excluding hydrogens is 162 g/mol. The van der Waals surface area contributed by atoms with Crippen molar-refractivity contribution in [2.45, 2.75) is 44.9 Å². The molecule has 0 saturated heterocycles. The molecule has 1 fully saturated rings. The zero-order chi connectivity index (χ0) is 9.52. The van der Waals surface area contributed by atoms with E-state index in [0.717, 1.165) is 0 Å². The van der Waals surface area contributed by atoms with Crippen LogP contribution in [0.25, 0.3) is 0 Å². The van der Waals surface area contributed by atoms with E-state index in [0.29, 0.717) is 5.92 Å². The Labute approximate surface area is 80.2 Å². The number of carbonyl (C=O) groups excluding carboxylic acids is 1. The van der Waals surface area contributed by atoms with E-state index in [1.807, 2.05) is 6.08 Å². The summed E-state index contributed by atoms with van der Waals surface area (Å²) in [6, 6.07) is 0. The quantitative estimate of drug-likeness (QED) is 0.653. The molecule has 1 saturated carbocycles. The maximum atomic E-state index is 10.5. The third kappa shape index (κ3) is 4.71. The van der Waals surface area contributed by atoms with Crippen molar-refractivity contribution in [3.05, 3.63) is 12.2 Å². The summed E-state index contributed by atoms with van der Waals surface area (Å²) < 4.78 is 0. The van der Waals surface area contributed by atoms with Crippen LogP contribution < -0.4 is 5.73 Å². The van der Waals surface area contributed by atoms with Gasteiger partial charge in [0.25, 0.3) is 0 Å². The van der Waals surface area contributed by atoms with E-state index in [4.69, 9.17) is 5.73 Å². The fourth-order valence-electron chi connectivity index (χ4n) is 1.91. The molecule has 74 valence electrons. The van der Waals surface area contributed by atoms with Gasteiger partial charge >= 0.3 is 0 Å². The molecule has 1 amide bonds. The van der Waals surface area contributed by atoms with E-state index >= 15 is 0 Å². The molecule has 0 heterocycles. The summed E-state index contributed by atoms with van der Waals surface area (Å²) in [6.07, 6.45) is 12.6. The van der Waals surface area contributed by atoms with Crippen LogP contribution in [0.5, 0.6) is 0 Å². The molecule has 0 atom stereocenters. The number of primary amides is 1. The van der Waals surface area contributed by atoms with Crippen LogP contribution in [0, 0.1) is 5.92 Å². The number of amides is 1. The van der Waals surface area contributed by atoms with Gasteiger partial charge in [0.2, 0.25) is 5.91 Å². The lowest BCUT2D eigenvalue weighted by molar-refractivity contribution is -0.113. The van der Waals surface area contributed by atoms with Crippen LogP contribution in [-0.2, 0) is 4.79 Å². The van der Waals surface area contributed by atoms with Crippen molar-refractivity contribution in [1.82, 2.24) is 0 Å². The Balaban J connectivity index is 2.33. The van der Waals surface area contributed by atoms with Gasteiger partial charge in [-0.3, -0.25) is 4.79 Å². The summed E-state index contributed by atoms with van der Waals surface area (Å²) in [5, 5.41) is 0. The Kier molecular flexibility index (Phi) is 4.58. The van der Waals surface area contributed by atoms with Gasteiger partial charge in [0.05, 0.1) is 0 Å².